The smallest absolute Gasteiger partial charge is 0.103 e. The molecule has 0 amide bonds. The average molecular weight is 278 g/mol. The van der Waals surface area contributed by atoms with E-state index in [0.29, 0.717) is 16.6 Å². The zero-order chi connectivity index (χ0) is 13.7. The van der Waals surface area contributed by atoms with Crippen LogP contribution >= 0.6 is 11.6 Å². The van der Waals surface area contributed by atoms with Crippen molar-refractivity contribution in [2.45, 2.75) is 32.2 Å². The number of nitrogens with one attached hydrogen (secondary N) is 1. The molecule has 4 heteroatoms. The third-order valence-electron chi connectivity index (χ3n) is 3.61. The van der Waals surface area contributed by atoms with Gasteiger partial charge in [-0.3, -0.25) is 0 Å². The van der Waals surface area contributed by atoms with Crippen LogP contribution in [0.1, 0.15) is 31.7 Å². The van der Waals surface area contributed by atoms with Crippen molar-refractivity contribution in [1.29, 1.82) is 5.26 Å². The maximum absolute atomic E-state index is 9.16. The highest BCUT2D eigenvalue weighted by Gasteiger charge is 2.19. The molecule has 3 nitrogen and oxygen atoms in total. The van der Waals surface area contributed by atoms with Crippen LogP contribution in [0.4, 0.5) is 5.69 Å². The largest absolute Gasteiger partial charge is 0.381 e. The summed E-state index contributed by atoms with van der Waals surface area (Å²) in [5.74, 6) is 0. The highest BCUT2D eigenvalue weighted by molar-refractivity contribution is 6.32. The Hall–Kier alpha value is -1.24. The second kappa shape index (κ2) is 6.79. The van der Waals surface area contributed by atoms with Gasteiger partial charge in [-0.1, -0.05) is 24.6 Å². The van der Waals surface area contributed by atoms with Crippen LogP contribution in [-0.2, 0) is 0 Å². The highest BCUT2D eigenvalue weighted by atomic mass is 35.5. The SMILES string of the molecule is CCCN1CCC(Nc2cccc(Cl)c2C#N)CC1. The van der Waals surface area contributed by atoms with Gasteiger partial charge in [-0.25, -0.2) is 0 Å². The van der Waals surface area contributed by atoms with Crippen molar-refractivity contribution in [2.75, 3.05) is 25.0 Å². The van der Waals surface area contributed by atoms with Crippen LogP contribution in [-0.4, -0.2) is 30.6 Å². The van der Waals surface area contributed by atoms with Gasteiger partial charge in [0.1, 0.15) is 6.07 Å². The minimum absolute atomic E-state index is 0.443. The van der Waals surface area contributed by atoms with Gasteiger partial charge < -0.3 is 10.2 Å². The van der Waals surface area contributed by atoms with Crippen LogP contribution in [0.15, 0.2) is 18.2 Å². The number of hydrogen-bond acceptors (Lipinski definition) is 3. The van der Waals surface area contributed by atoms with E-state index in [-0.39, 0.29) is 0 Å². The predicted octanol–water partition coefficient (Wildman–Crippen LogP) is 3.50. The van der Waals surface area contributed by atoms with E-state index in [1.54, 1.807) is 6.07 Å². The number of nitriles is 1. The molecule has 1 saturated heterocycles. The first-order valence-electron chi connectivity index (χ1n) is 6.92. The van der Waals surface area contributed by atoms with E-state index < -0.39 is 0 Å². The molecule has 0 spiro atoms. The fourth-order valence-electron chi connectivity index (χ4n) is 2.60. The molecular formula is C15H20ClN3. The van der Waals surface area contributed by atoms with Crippen molar-refractivity contribution >= 4 is 17.3 Å². The summed E-state index contributed by atoms with van der Waals surface area (Å²) in [4.78, 5) is 2.50. The molecule has 1 aromatic carbocycles. The summed E-state index contributed by atoms with van der Waals surface area (Å²) < 4.78 is 0. The lowest BCUT2D eigenvalue weighted by atomic mass is 10.0. The van der Waals surface area contributed by atoms with E-state index in [0.717, 1.165) is 31.6 Å². The molecule has 0 saturated carbocycles. The summed E-state index contributed by atoms with van der Waals surface area (Å²) in [6, 6.07) is 8.20. The molecule has 2 rings (SSSR count). The number of likely N-dealkylation sites (tertiary alicyclic amines) is 1. The normalized spacial score (nSPS) is 17.1. The quantitative estimate of drug-likeness (QED) is 0.916. The second-order valence-electron chi connectivity index (χ2n) is 5.03. The van der Waals surface area contributed by atoms with Crippen LogP contribution in [0.5, 0.6) is 0 Å². The lowest BCUT2D eigenvalue weighted by molar-refractivity contribution is 0.219. The first-order chi connectivity index (χ1) is 9.24. The zero-order valence-electron chi connectivity index (χ0n) is 11.3. The van der Waals surface area contributed by atoms with Gasteiger partial charge in [0.15, 0.2) is 0 Å². The molecule has 1 heterocycles. The van der Waals surface area contributed by atoms with Gasteiger partial charge in [-0.15, -0.1) is 0 Å². The van der Waals surface area contributed by atoms with Gasteiger partial charge in [0.25, 0.3) is 0 Å². The fourth-order valence-corrected chi connectivity index (χ4v) is 2.81. The monoisotopic (exact) mass is 277 g/mol. The maximum atomic E-state index is 9.16. The predicted molar refractivity (Wildman–Crippen MR) is 79.5 cm³/mol. The van der Waals surface area contributed by atoms with Crippen LogP contribution in [0, 0.1) is 11.3 Å². The van der Waals surface area contributed by atoms with E-state index in [2.05, 4.69) is 23.2 Å². The van der Waals surface area contributed by atoms with Crippen LogP contribution in [0.2, 0.25) is 5.02 Å². The van der Waals surface area contributed by atoms with Crippen LogP contribution in [0.25, 0.3) is 0 Å². The summed E-state index contributed by atoms with van der Waals surface area (Å²) in [7, 11) is 0. The molecule has 19 heavy (non-hydrogen) atoms. The fraction of sp³-hybridized carbons (Fsp3) is 0.533. The molecule has 0 bridgehead atoms. The zero-order valence-corrected chi connectivity index (χ0v) is 12.1. The Morgan fingerprint density at radius 3 is 2.79 bits per heavy atom. The molecule has 1 N–H and O–H groups in total. The Labute approximate surface area is 120 Å². The lowest BCUT2D eigenvalue weighted by Gasteiger charge is -2.32. The minimum atomic E-state index is 0.443. The summed E-state index contributed by atoms with van der Waals surface area (Å²) in [5.41, 5.74) is 1.42. The number of piperidine rings is 1. The van der Waals surface area contributed by atoms with Crippen molar-refractivity contribution in [2.24, 2.45) is 0 Å². The Morgan fingerprint density at radius 2 is 2.16 bits per heavy atom. The number of halogens is 1. The summed E-state index contributed by atoms with van der Waals surface area (Å²) in [6.07, 6.45) is 3.46. The molecule has 0 aromatic heterocycles. The lowest BCUT2D eigenvalue weighted by Crippen LogP contribution is -2.39. The topological polar surface area (TPSA) is 39.1 Å². The van der Waals surface area contributed by atoms with Crippen LogP contribution < -0.4 is 5.32 Å². The first kappa shape index (κ1) is 14.2. The Bertz CT molecular complexity index is 459. The molecule has 0 aliphatic carbocycles. The number of hydrogen-bond donors (Lipinski definition) is 1. The first-order valence-corrected chi connectivity index (χ1v) is 7.30. The molecule has 1 aliphatic heterocycles. The maximum Gasteiger partial charge on any atom is 0.103 e. The van der Waals surface area contributed by atoms with E-state index >= 15 is 0 Å². The summed E-state index contributed by atoms with van der Waals surface area (Å²) in [5, 5.41) is 13.2. The van der Waals surface area contributed by atoms with Crippen molar-refractivity contribution in [3.8, 4) is 6.07 Å². The van der Waals surface area contributed by atoms with Gasteiger partial charge >= 0.3 is 0 Å². The van der Waals surface area contributed by atoms with E-state index in [9.17, 15) is 0 Å². The average Bonchev–Trinajstić information content (AvgIpc) is 2.42. The van der Waals surface area contributed by atoms with E-state index in [1.807, 2.05) is 12.1 Å². The molecule has 1 fully saturated rings. The summed E-state index contributed by atoms with van der Waals surface area (Å²) in [6.45, 7) is 5.67. The Balaban J connectivity index is 1.96. The van der Waals surface area contributed by atoms with Crippen molar-refractivity contribution in [3.05, 3.63) is 28.8 Å². The molecular weight excluding hydrogens is 258 g/mol. The van der Waals surface area contributed by atoms with Gasteiger partial charge in [0.05, 0.1) is 16.3 Å². The van der Waals surface area contributed by atoms with E-state index in [1.165, 1.54) is 13.0 Å². The van der Waals surface area contributed by atoms with Gasteiger partial charge in [-0.05, 0) is 37.9 Å². The third-order valence-corrected chi connectivity index (χ3v) is 3.93. The number of nitrogens with zero attached hydrogens (tertiary/aromatic N) is 2. The minimum Gasteiger partial charge on any atom is -0.381 e. The standard InChI is InChI=1S/C15H20ClN3/c1-2-8-19-9-6-12(7-10-19)18-15-5-3-4-14(16)13(15)11-17/h3-5,12,18H,2,6-10H2,1H3. The van der Waals surface area contributed by atoms with Crippen LogP contribution in [0.3, 0.4) is 0 Å². The molecule has 0 unspecified atom stereocenters. The highest BCUT2D eigenvalue weighted by Crippen LogP contribution is 2.25. The van der Waals surface area contributed by atoms with E-state index in [4.69, 9.17) is 16.9 Å². The Morgan fingerprint density at radius 1 is 1.42 bits per heavy atom. The second-order valence-corrected chi connectivity index (χ2v) is 5.44. The molecule has 0 radical (unpaired) electrons. The molecule has 0 atom stereocenters. The number of benzene rings is 1. The third kappa shape index (κ3) is 3.62. The van der Waals surface area contributed by atoms with Gasteiger partial charge in [0, 0.05) is 19.1 Å². The molecule has 1 aliphatic rings. The Kier molecular flexibility index (Phi) is 5.07. The summed E-state index contributed by atoms with van der Waals surface area (Å²) >= 11 is 6.04. The van der Waals surface area contributed by atoms with Crippen molar-refractivity contribution < 1.29 is 0 Å². The van der Waals surface area contributed by atoms with Crippen molar-refractivity contribution in [3.63, 3.8) is 0 Å². The molecule has 1 aromatic rings. The van der Waals surface area contributed by atoms with Gasteiger partial charge in [0.2, 0.25) is 0 Å². The molecule has 102 valence electrons. The van der Waals surface area contributed by atoms with Gasteiger partial charge in [-0.2, -0.15) is 5.26 Å². The van der Waals surface area contributed by atoms with Crippen molar-refractivity contribution in [1.82, 2.24) is 4.90 Å². The number of anilines is 1. The number of rotatable bonds is 4.